The highest BCUT2D eigenvalue weighted by molar-refractivity contribution is 5.78. The Morgan fingerprint density at radius 2 is 1.80 bits per heavy atom. The molecule has 1 heterocycles. The maximum absolute atomic E-state index is 9.99. The number of ether oxygens (including phenoxy) is 1. The van der Waals surface area contributed by atoms with Crippen LogP contribution in [0.4, 0.5) is 0 Å². The van der Waals surface area contributed by atoms with Crippen LogP contribution in [0.25, 0.3) is 5.76 Å². The quantitative estimate of drug-likeness (QED) is 0.370. The van der Waals surface area contributed by atoms with Crippen LogP contribution < -0.4 is 4.74 Å². The van der Waals surface area contributed by atoms with Crippen molar-refractivity contribution in [3.05, 3.63) is 23.8 Å². The van der Waals surface area contributed by atoms with Crippen LogP contribution in [0.1, 0.15) is 63.0 Å². The maximum atomic E-state index is 9.99. The van der Waals surface area contributed by atoms with Gasteiger partial charge < -0.3 is 14.9 Å². The van der Waals surface area contributed by atoms with Crippen LogP contribution in [0, 0.1) is 0 Å². The van der Waals surface area contributed by atoms with Gasteiger partial charge in [-0.15, -0.1) is 0 Å². The van der Waals surface area contributed by atoms with Gasteiger partial charge in [-0.1, -0.05) is 52.0 Å². The Kier molecular flexibility index (Phi) is 4.94. The summed E-state index contributed by atoms with van der Waals surface area (Å²) in [6.07, 6.45) is 9.34. The lowest BCUT2D eigenvalue weighted by molar-refractivity contribution is 0.463. The first-order valence-electron chi connectivity index (χ1n) is 7.60. The van der Waals surface area contributed by atoms with E-state index in [2.05, 4.69) is 13.5 Å². The van der Waals surface area contributed by atoms with Crippen molar-refractivity contribution in [2.75, 3.05) is 0 Å². The van der Waals surface area contributed by atoms with Crippen molar-refractivity contribution >= 4 is 5.76 Å². The molecule has 1 aromatic carbocycles. The molecule has 2 rings (SSSR count). The van der Waals surface area contributed by atoms with Crippen LogP contribution >= 0.6 is 0 Å². The molecule has 1 aliphatic rings. The molecule has 0 radical (unpaired) electrons. The van der Waals surface area contributed by atoms with E-state index in [1.165, 1.54) is 32.1 Å². The van der Waals surface area contributed by atoms with Gasteiger partial charge in [-0.05, 0) is 12.8 Å². The predicted octanol–water partition coefficient (Wildman–Crippen LogP) is 5.32. The monoisotopic (exact) mass is 276 g/mol. The molecule has 1 aromatic rings. The van der Waals surface area contributed by atoms with Gasteiger partial charge in [-0.3, -0.25) is 0 Å². The van der Waals surface area contributed by atoms with Crippen LogP contribution in [-0.2, 0) is 6.42 Å². The molecule has 0 unspecified atom stereocenters. The smallest absolute Gasteiger partial charge is 0.181 e. The number of rotatable bonds is 9. The van der Waals surface area contributed by atoms with E-state index in [4.69, 9.17) is 4.74 Å². The first kappa shape index (κ1) is 14.8. The van der Waals surface area contributed by atoms with E-state index >= 15 is 0 Å². The molecule has 0 saturated heterocycles. The van der Waals surface area contributed by atoms with Gasteiger partial charge in [-0.25, -0.2) is 0 Å². The van der Waals surface area contributed by atoms with Crippen LogP contribution in [0.2, 0.25) is 0 Å². The summed E-state index contributed by atoms with van der Waals surface area (Å²) >= 11 is 0. The Labute approximate surface area is 120 Å². The Balaban J connectivity index is 1.84. The SMILES string of the molecule is C=C(O)c1c(CCCCCCCCC)c(O)cc2c1O2. The van der Waals surface area contributed by atoms with Crippen molar-refractivity contribution in [2.45, 2.75) is 58.3 Å². The number of aliphatic hydroxyl groups is 1. The van der Waals surface area contributed by atoms with Crippen LogP contribution in [0.15, 0.2) is 12.6 Å². The molecule has 0 spiro atoms. The molecular formula is C17H24O3. The minimum absolute atomic E-state index is 0.0207. The van der Waals surface area contributed by atoms with Gasteiger partial charge in [0.25, 0.3) is 0 Å². The van der Waals surface area contributed by atoms with E-state index < -0.39 is 0 Å². The van der Waals surface area contributed by atoms with E-state index in [1.54, 1.807) is 6.07 Å². The molecule has 20 heavy (non-hydrogen) atoms. The lowest BCUT2D eigenvalue weighted by atomic mass is 9.98. The predicted molar refractivity (Wildman–Crippen MR) is 81.5 cm³/mol. The standard InChI is InChI=1S/C17H24O3/c1-3-4-5-6-7-8-9-10-13-14(19)11-15-17(20-15)16(13)12(2)18/h11,18-19H,2-10H2,1H3. The third-order valence-electron chi connectivity index (χ3n) is 3.82. The Hall–Kier alpha value is -1.64. The van der Waals surface area contributed by atoms with Gasteiger partial charge in [0.05, 0.1) is 5.56 Å². The summed E-state index contributed by atoms with van der Waals surface area (Å²) in [6, 6.07) is 1.62. The normalized spacial score (nSPS) is 11.8. The lowest BCUT2D eigenvalue weighted by Crippen LogP contribution is -1.93. The van der Waals surface area contributed by atoms with Crippen molar-refractivity contribution in [3.8, 4) is 17.2 Å². The summed E-state index contributed by atoms with van der Waals surface area (Å²) in [6.45, 7) is 5.78. The second kappa shape index (κ2) is 6.69. The zero-order valence-corrected chi connectivity index (χ0v) is 12.2. The zero-order chi connectivity index (χ0) is 14.5. The first-order valence-corrected chi connectivity index (χ1v) is 7.60. The topological polar surface area (TPSA) is 53.0 Å². The van der Waals surface area contributed by atoms with E-state index in [0.29, 0.717) is 17.1 Å². The third kappa shape index (κ3) is 3.47. The number of aliphatic hydroxyl groups excluding tert-OH is 1. The number of hydrogen-bond acceptors (Lipinski definition) is 3. The Morgan fingerprint density at radius 1 is 1.15 bits per heavy atom. The molecule has 110 valence electrons. The Morgan fingerprint density at radius 3 is 2.45 bits per heavy atom. The van der Waals surface area contributed by atoms with E-state index in [-0.39, 0.29) is 11.5 Å². The van der Waals surface area contributed by atoms with Gasteiger partial charge in [-0.2, -0.15) is 0 Å². The first-order chi connectivity index (χ1) is 9.65. The second-order valence-electron chi connectivity index (χ2n) is 5.50. The Bertz CT molecular complexity index is 491. The van der Waals surface area contributed by atoms with Crippen LogP contribution in [0.5, 0.6) is 17.2 Å². The zero-order valence-electron chi connectivity index (χ0n) is 12.2. The van der Waals surface area contributed by atoms with Crippen molar-refractivity contribution in [2.24, 2.45) is 0 Å². The molecule has 0 saturated carbocycles. The van der Waals surface area contributed by atoms with Gasteiger partial charge in [0, 0.05) is 11.6 Å². The van der Waals surface area contributed by atoms with E-state index in [1.807, 2.05) is 0 Å². The van der Waals surface area contributed by atoms with Gasteiger partial charge in [0.1, 0.15) is 11.5 Å². The molecule has 0 aromatic heterocycles. The fourth-order valence-corrected chi connectivity index (χ4v) is 2.65. The van der Waals surface area contributed by atoms with Crippen LogP contribution in [-0.4, -0.2) is 10.2 Å². The summed E-state index contributed by atoms with van der Waals surface area (Å²) in [5.74, 6) is 1.51. The minimum atomic E-state index is -0.0207. The van der Waals surface area contributed by atoms with Crippen molar-refractivity contribution in [1.82, 2.24) is 0 Å². The molecule has 0 amide bonds. The van der Waals surface area contributed by atoms with Crippen molar-refractivity contribution in [3.63, 3.8) is 0 Å². The number of phenols is 1. The summed E-state index contributed by atoms with van der Waals surface area (Å²) in [4.78, 5) is 0. The molecule has 0 bridgehead atoms. The largest absolute Gasteiger partial charge is 0.508 e. The fraction of sp³-hybridized carbons (Fsp3) is 0.529. The highest BCUT2D eigenvalue weighted by atomic mass is 16.6. The van der Waals surface area contributed by atoms with Gasteiger partial charge >= 0.3 is 0 Å². The van der Waals surface area contributed by atoms with Gasteiger partial charge in [0.2, 0.25) is 0 Å². The van der Waals surface area contributed by atoms with Gasteiger partial charge in [0.15, 0.2) is 11.5 Å². The molecule has 1 aliphatic heterocycles. The number of hydrogen-bond donors (Lipinski definition) is 2. The summed E-state index contributed by atoms with van der Waals surface area (Å²) in [5, 5.41) is 19.7. The number of aromatic hydroxyl groups is 1. The molecule has 2 N–H and O–H groups in total. The fourth-order valence-electron chi connectivity index (χ4n) is 2.65. The molecule has 0 aliphatic carbocycles. The van der Waals surface area contributed by atoms with Crippen molar-refractivity contribution < 1.29 is 14.9 Å². The minimum Gasteiger partial charge on any atom is -0.508 e. The summed E-state index contributed by atoms with van der Waals surface area (Å²) in [5.41, 5.74) is 1.35. The average molecular weight is 276 g/mol. The molecule has 0 atom stereocenters. The van der Waals surface area contributed by atoms with E-state index in [0.717, 1.165) is 24.8 Å². The number of fused-ring (bicyclic) bond motifs is 1. The third-order valence-corrected chi connectivity index (χ3v) is 3.82. The summed E-state index contributed by atoms with van der Waals surface area (Å²) in [7, 11) is 0. The number of benzene rings is 1. The molecule has 3 nitrogen and oxygen atoms in total. The number of unbranched alkanes of at least 4 members (excludes halogenated alkanes) is 6. The summed E-state index contributed by atoms with van der Waals surface area (Å²) < 4.78 is 5.24. The van der Waals surface area contributed by atoms with E-state index in [9.17, 15) is 10.2 Å². The highest BCUT2D eigenvalue weighted by Crippen LogP contribution is 2.54. The van der Waals surface area contributed by atoms with Crippen LogP contribution in [0.3, 0.4) is 0 Å². The molecule has 3 heteroatoms. The maximum Gasteiger partial charge on any atom is 0.181 e. The average Bonchev–Trinajstić information content (AvgIpc) is 3.15. The number of phenolic OH excluding ortho intramolecular Hbond substituents is 1. The molecular weight excluding hydrogens is 252 g/mol. The lowest BCUT2D eigenvalue weighted by Gasteiger charge is -2.08. The second-order valence-corrected chi connectivity index (χ2v) is 5.50. The molecule has 0 fully saturated rings. The van der Waals surface area contributed by atoms with Crippen molar-refractivity contribution in [1.29, 1.82) is 0 Å². The highest BCUT2D eigenvalue weighted by Gasteiger charge is 2.31.